The van der Waals surface area contributed by atoms with E-state index in [0.717, 1.165) is 11.1 Å². The highest BCUT2D eigenvalue weighted by Crippen LogP contribution is 2.33. The third kappa shape index (κ3) is 4.32. The minimum Gasteiger partial charge on any atom is -0.282 e. The van der Waals surface area contributed by atoms with Crippen molar-refractivity contribution in [2.24, 2.45) is 15.3 Å². The van der Waals surface area contributed by atoms with Gasteiger partial charge in [-0.05, 0) is 43.2 Å². The molecule has 1 atom stereocenters. The molecule has 0 bridgehead atoms. The lowest BCUT2D eigenvalue weighted by atomic mass is 10.1. The van der Waals surface area contributed by atoms with Crippen molar-refractivity contribution < 1.29 is 17.8 Å². The monoisotopic (exact) mass is 454 g/mol. The molecule has 1 aliphatic rings. The van der Waals surface area contributed by atoms with Crippen molar-refractivity contribution >= 4 is 56.3 Å². The van der Waals surface area contributed by atoms with Crippen LogP contribution in [-0.4, -0.2) is 30.6 Å². The van der Waals surface area contributed by atoms with Gasteiger partial charge in [0.1, 0.15) is 10.6 Å². The third-order valence-corrected chi connectivity index (χ3v) is 5.80. The van der Waals surface area contributed by atoms with E-state index in [2.05, 4.69) is 15.3 Å². The van der Waals surface area contributed by atoms with Gasteiger partial charge in [0.05, 0.1) is 16.4 Å². The molecule has 8 nitrogen and oxygen atoms in total. The minimum atomic E-state index is -4.59. The molecular formula is C18H16Cl2N4O4S. The van der Waals surface area contributed by atoms with Crippen molar-refractivity contribution in [3.63, 3.8) is 0 Å². The van der Waals surface area contributed by atoms with Gasteiger partial charge in [0.25, 0.3) is 16.0 Å². The molecule has 1 unspecified atom stereocenters. The number of rotatable bonds is 5. The Morgan fingerprint density at radius 1 is 1.21 bits per heavy atom. The summed E-state index contributed by atoms with van der Waals surface area (Å²) in [4.78, 5) is 12.3. The van der Waals surface area contributed by atoms with Gasteiger partial charge in [0.2, 0.25) is 0 Å². The maximum absolute atomic E-state index is 12.8. The zero-order valence-electron chi connectivity index (χ0n) is 15.4. The van der Waals surface area contributed by atoms with E-state index in [9.17, 15) is 17.8 Å². The number of carbonyl (C=O) groups excluding carboxylic acids is 1. The van der Waals surface area contributed by atoms with Crippen molar-refractivity contribution in [2.75, 3.05) is 5.01 Å². The Morgan fingerprint density at radius 3 is 2.52 bits per heavy atom. The van der Waals surface area contributed by atoms with E-state index >= 15 is 0 Å². The van der Waals surface area contributed by atoms with E-state index in [1.54, 1.807) is 31.2 Å². The van der Waals surface area contributed by atoms with Gasteiger partial charge >= 0.3 is 0 Å². The summed E-state index contributed by atoms with van der Waals surface area (Å²) in [6, 6.07) is 8.17. The molecule has 11 heteroatoms. The minimum absolute atomic E-state index is 0.120. The summed E-state index contributed by atoms with van der Waals surface area (Å²) in [6.45, 7) is 3.43. The van der Waals surface area contributed by atoms with Crippen LogP contribution in [0, 0.1) is 0 Å². The van der Waals surface area contributed by atoms with E-state index in [1.165, 1.54) is 6.07 Å². The Bertz CT molecular complexity index is 1150. The fourth-order valence-electron chi connectivity index (χ4n) is 2.75. The molecule has 2 aromatic carbocycles. The predicted molar refractivity (Wildman–Crippen MR) is 111 cm³/mol. The van der Waals surface area contributed by atoms with Crippen LogP contribution in [0.4, 0.5) is 11.4 Å². The highest BCUT2D eigenvalue weighted by atomic mass is 35.5. The average molecular weight is 455 g/mol. The molecule has 0 saturated heterocycles. The number of hydrogen-bond acceptors (Lipinski definition) is 6. The number of benzene rings is 2. The SMILES string of the molecule is CCc1cc(N=NC2C(=O)N(c3ccccc3Cl)N=C2C)c(S(=O)(=O)O)cc1Cl. The van der Waals surface area contributed by atoms with Gasteiger partial charge in [-0.3, -0.25) is 9.35 Å². The highest BCUT2D eigenvalue weighted by molar-refractivity contribution is 7.86. The second-order valence-corrected chi connectivity index (χ2v) is 8.41. The summed E-state index contributed by atoms with van der Waals surface area (Å²) in [5, 5.41) is 13.7. The van der Waals surface area contributed by atoms with Gasteiger partial charge in [-0.2, -0.15) is 28.8 Å². The molecule has 1 amide bonds. The number of aryl methyl sites for hydroxylation is 1. The molecular weight excluding hydrogens is 439 g/mol. The van der Waals surface area contributed by atoms with E-state index < -0.39 is 27.0 Å². The van der Waals surface area contributed by atoms with Crippen LogP contribution in [0.25, 0.3) is 0 Å². The van der Waals surface area contributed by atoms with Crippen molar-refractivity contribution in [3.8, 4) is 0 Å². The number of anilines is 1. The van der Waals surface area contributed by atoms with Crippen molar-refractivity contribution in [1.29, 1.82) is 0 Å². The number of nitrogens with zero attached hydrogens (tertiary/aromatic N) is 4. The van der Waals surface area contributed by atoms with Crippen LogP contribution in [0.3, 0.4) is 0 Å². The molecule has 0 saturated carbocycles. The lowest BCUT2D eigenvalue weighted by molar-refractivity contribution is -0.117. The van der Waals surface area contributed by atoms with Crippen LogP contribution in [0.2, 0.25) is 10.0 Å². The summed E-state index contributed by atoms with van der Waals surface area (Å²) >= 11 is 12.2. The van der Waals surface area contributed by atoms with Crippen LogP contribution >= 0.6 is 23.2 Å². The van der Waals surface area contributed by atoms with Gasteiger partial charge in [0.15, 0.2) is 6.04 Å². The van der Waals surface area contributed by atoms with E-state index in [4.69, 9.17) is 23.2 Å². The number of hydrogen-bond donors (Lipinski definition) is 1. The Kier molecular flexibility index (Phi) is 6.04. The fraction of sp³-hybridized carbons (Fsp3) is 0.222. The predicted octanol–water partition coefficient (Wildman–Crippen LogP) is 4.68. The zero-order chi connectivity index (χ0) is 21.3. The summed E-state index contributed by atoms with van der Waals surface area (Å²) in [6.07, 6.45) is 0.510. The first-order valence-corrected chi connectivity index (χ1v) is 10.7. The molecule has 1 aliphatic heterocycles. The smallest absolute Gasteiger partial charge is 0.282 e. The van der Waals surface area contributed by atoms with Gasteiger partial charge in [-0.15, -0.1) is 0 Å². The molecule has 2 aromatic rings. The van der Waals surface area contributed by atoms with Gasteiger partial charge in [-0.25, -0.2) is 0 Å². The van der Waals surface area contributed by atoms with Crippen LogP contribution < -0.4 is 5.01 Å². The number of para-hydroxylation sites is 1. The zero-order valence-corrected chi connectivity index (χ0v) is 17.7. The van der Waals surface area contributed by atoms with Crippen LogP contribution in [-0.2, 0) is 21.3 Å². The molecule has 0 aromatic heterocycles. The summed E-state index contributed by atoms with van der Waals surface area (Å²) in [7, 11) is -4.59. The number of hydrazone groups is 1. The maximum atomic E-state index is 12.8. The lowest BCUT2D eigenvalue weighted by Gasteiger charge is -2.13. The maximum Gasteiger partial charge on any atom is 0.296 e. The normalized spacial score (nSPS) is 17.3. The first kappa shape index (κ1) is 21.4. The summed E-state index contributed by atoms with van der Waals surface area (Å²) in [5.74, 6) is -0.488. The van der Waals surface area contributed by atoms with Crippen molar-refractivity contribution in [2.45, 2.75) is 31.2 Å². The number of halogens is 2. The van der Waals surface area contributed by atoms with Crippen molar-refractivity contribution in [3.05, 3.63) is 52.0 Å². The second kappa shape index (κ2) is 8.19. The Hall–Kier alpha value is -2.33. The van der Waals surface area contributed by atoms with Crippen molar-refractivity contribution in [1.82, 2.24) is 0 Å². The van der Waals surface area contributed by atoms with Gasteiger partial charge < -0.3 is 0 Å². The summed E-state index contributed by atoms with van der Waals surface area (Å²) in [5.41, 5.74) is 1.26. The molecule has 0 aliphatic carbocycles. The second-order valence-electron chi connectivity index (χ2n) is 6.20. The highest BCUT2D eigenvalue weighted by Gasteiger charge is 2.35. The summed E-state index contributed by atoms with van der Waals surface area (Å²) < 4.78 is 32.8. The first-order valence-electron chi connectivity index (χ1n) is 8.47. The molecule has 1 heterocycles. The third-order valence-electron chi connectivity index (χ3n) is 4.24. The standard InChI is InChI=1S/C18H16Cl2N4O4S/c1-3-11-8-14(16(9-13(11)20)29(26,27)28)21-22-17-10(2)23-24(18(17)25)15-7-5-4-6-12(15)19/h4-9,17H,3H2,1-2H3,(H,26,27,28). The molecule has 1 N–H and O–H groups in total. The van der Waals surface area contributed by atoms with E-state index in [0.29, 0.717) is 28.4 Å². The largest absolute Gasteiger partial charge is 0.296 e. The van der Waals surface area contributed by atoms with Gasteiger partial charge in [0, 0.05) is 5.02 Å². The number of amides is 1. The average Bonchev–Trinajstić information content (AvgIpc) is 2.94. The fourth-order valence-corrected chi connectivity index (χ4v) is 3.96. The van der Waals surface area contributed by atoms with Crippen LogP contribution in [0.15, 0.2) is 56.6 Å². The van der Waals surface area contributed by atoms with Crippen LogP contribution in [0.1, 0.15) is 19.4 Å². The Balaban J connectivity index is 1.98. The van der Waals surface area contributed by atoms with E-state index in [-0.39, 0.29) is 10.7 Å². The number of carbonyl (C=O) groups is 1. The molecule has 152 valence electrons. The lowest BCUT2D eigenvalue weighted by Crippen LogP contribution is -2.29. The number of azo groups is 1. The Morgan fingerprint density at radius 2 is 1.90 bits per heavy atom. The Labute approximate surface area is 177 Å². The van der Waals surface area contributed by atoms with E-state index in [1.807, 2.05) is 6.92 Å². The molecule has 0 fully saturated rings. The molecule has 0 radical (unpaired) electrons. The molecule has 29 heavy (non-hydrogen) atoms. The van der Waals surface area contributed by atoms with Gasteiger partial charge in [-0.1, -0.05) is 42.3 Å². The molecule has 3 rings (SSSR count). The van der Waals surface area contributed by atoms with Crippen LogP contribution in [0.5, 0.6) is 0 Å². The quantitative estimate of drug-likeness (QED) is 0.521. The molecule has 0 spiro atoms. The topological polar surface area (TPSA) is 112 Å². The first-order chi connectivity index (χ1) is 13.6.